The van der Waals surface area contributed by atoms with Crippen LogP contribution in [0, 0.1) is 0 Å². The number of rotatable bonds is 8. The predicted octanol–water partition coefficient (Wildman–Crippen LogP) is 6.82. The van der Waals surface area contributed by atoms with Crippen LogP contribution in [0.5, 0.6) is 5.75 Å². The molecule has 2 amide bonds. The summed E-state index contributed by atoms with van der Waals surface area (Å²) in [5, 5.41) is 0.107. The minimum Gasteiger partial charge on any atom is -0.486 e. The number of nitrogens with zero attached hydrogens (tertiary/aromatic N) is 1. The number of hydrogen-bond donors (Lipinski definition) is 0. The molecule has 0 radical (unpaired) electrons. The van der Waals surface area contributed by atoms with Gasteiger partial charge in [0.2, 0.25) is 0 Å². The van der Waals surface area contributed by atoms with E-state index in [0.717, 1.165) is 22.2 Å². The summed E-state index contributed by atoms with van der Waals surface area (Å²) < 4.78 is 12.4. The van der Waals surface area contributed by atoms with Gasteiger partial charge in [0.05, 0.1) is 20.0 Å². The van der Waals surface area contributed by atoms with Gasteiger partial charge in [-0.25, -0.2) is 0 Å². The van der Waals surface area contributed by atoms with Crippen molar-refractivity contribution in [2.24, 2.45) is 0 Å². The molecule has 1 aliphatic heterocycles. The van der Waals surface area contributed by atoms with Crippen molar-refractivity contribution in [1.82, 2.24) is 4.90 Å². The van der Waals surface area contributed by atoms with Crippen molar-refractivity contribution < 1.29 is 23.9 Å². The average Bonchev–Trinajstić information content (AvgIpc) is 3.01. The van der Waals surface area contributed by atoms with Crippen molar-refractivity contribution >= 4 is 78.4 Å². The summed E-state index contributed by atoms with van der Waals surface area (Å²) in [5.74, 6) is -0.566. The molecule has 0 aromatic heterocycles. The topological polar surface area (TPSA) is 72.9 Å². The molecule has 33 heavy (non-hydrogen) atoms. The summed E-state index contributed by atoms with van der Waals surface area (Å²) in [4.78, 5) is 38.1. The van der Waals surface area contributed by atoms with Crippen LogP contribution in [0.1, 0.15) is 31.4 Å². The summed E-state index contributed by atoms with van der Waals surface area (Å²) in [6.45, 7) is 3.50. The van der Waals surface area contributed by atoms with Gasteiger partial charge in [0, 0.05) is 10.6 Å². The van der Waals surface area contributed by atoms with E-state index < -0.39 is 23.7 Å². The van der Waals surface area contributed by atoms with Crippen molar-refractivity contribution in [2.75, 3.05) is 6.54 Å². The van der Waals surface area contributed by atoms with Crippen LogP contribution in [0.2, 0.25) is 5.02 Å². The molecule has 2 aromatic carbocycles. The molecule has 0 saturated carbocycles. The second-order valence-corrected chi connectivity index (χ2v) is 10.3. The highest BCUT2D eigenvalue weighted by atomic mass is 79.9. The van der Waals surface area contributed by atoms with E-state index in [1.807, 2.05) is 25.1 Å². The third-order valence-electron chi connectivity index (χ3n) is 4.72. The quantitative estimate of drug-likeness (QED) is 0.239. The Balaban J connectivity index is 1.72. The van der Waals surface area contributed by atoms with E-state index in [9.17, 15) is 14.4 Å². The van der Waals surface area contributed by atoms with Crippen molar-refractivity contribution in [3.05, 3.63) is 66.4 Å². The molecular formula is C23H20Br2ClNO5S. The zero-order valence-electron chi connectivity index (χ0n) is 17.8. The van der Waals surface area contributed by atoms with Crippen LogP contribution in [0.3, 0.4) is 0 Å². The number of thioether (sulfide) groups is 1. The zero-order chi connectivity index (χ0) is 24.1. The van der Waals surface area contributed by atoms with Crippen molar-refractivity contribution in [3.63, 3.8) is 0 Å². The van der Waals surface area contributed by atoms with Gasteiger partial charge in [-0.3, -0.25) is 19.3 Å². The number of hydrogen-bond acceptors (Lipinski definition) is 6. The Bertz CT molecular complexity index is 1100. The molecule has 1 aliphatic rings. The lowest BCUT2D eigenvalue weighted by Gasteiger charge is -2.15. The van der Waals surface area contributed by atoms with Gasteiger partial charge >= 0.3 is 5.97 Å². The summed E-state index contributed by atoms with van der Waals surface area (Å²) in [5.41, 5.74) is 1.52. The number of carbonyl (C=O) groups is 3. The molecule has 1 atom stereocenters. The third-order valence-corrected chi connectivity index (χ3v) is 7.17. The van der Waals surface area contributed by atoms with Crippen LogP contribution in [-0.4, -0.2) is 34.7 Å². The fourth-order valence-corrected chi connectivity index (χ4v) is 5.31. The highest BCUT2D eigenvalue weighted by Crippen LogP contribution is 2.38. The number of ether oxygens (including phenoxy) is 2. The molecule has 0 unspecified atom stereocenters. The first-order chi connectivity index (χ1) is 15.7. The highest BCUT2D eigenvalue weighted by molar-refractivity contribution is 9.11. The second-order valence-electron chi connectivity index (χ2n) is 7.17. The van der Waals surface area contributed by atoms with Gasteiger partial charge in [0.1, 0.15) is 18.9 Å². The monoisotopic (exact) mass is 615 g/mol. The lowest BCUT2D eigenvalue weighted by atomic mass is 10.2. The van der Waals surface area contributed by atoms with Crippen molar-refractivity contribution in [3.8, 4) is 5.75 Å². The summed E-state index contributed by atoms with van der Waals surface area (Å²) in [6, 6.07) is 11.0. The van der Waals surface area contributed by atoms with E-state index in [-0.39, 0.29) is 17.6 Å². The highest BCUT2D eigenvalue weighted by Gasteiger charge is 2.37. The van der Waals surface area contributed by atoms with Crippen LogP contribution in [-0.2, 0) is 20.9 Å². The number of amides is 2. The molecule has 0 spiro atoms. The van der Waals surface area contributed by atoms with Gasteiger partial charge in [-0.05, 0) is 86.8 Å². The summed E-state index contributed by atoms with van der Waals surface area (Å²) >= 11 is 14.0. The standard InChI is InChI=1S/C23H20Br2ClNO5S/c1-3-13(2)32-20(28)11-27-22(29)19(33-23(27)30)10-14-8-16(24)21(17(25)9-14)31-12-15-6-4-5-7-18(15)26/h4-10,13H,3,11-12H2,1-2H3/b19-10+/t13-/m0/s1. The number of imide groups is 1. The minimum atomic E-state index is -0.613. The maximum absolute atomic E-state index is 12.7. The van der Waals surface area contributed by atoms with Crippen LogP contribution in [0.25, 0.3) is 6.08 Å². The Hall–Kier alpha value is -1.81. The Morgan fingerprint density at radius 3 is 2.52 bits per heavy atom. The zero-order valence-corrected chi connectivity index (χ0v) is 22.5. The molecule has 6 nitrogen and oxygen atoms in total. The molecule has 3 rings (SSSR count). The van der Waals surface area contributed by atoms with E-state index in [2.05, 4.69) is 31.9 Å². The smallest absolute Gasteiger partial charge is 0.326 e. The van der Waals surface area contributed by atoms with Crippen molar-refractivity contribution in [2.45, 2.75) is 33.0 Å². The Kier molecular flexibility index (Phi) is 9.03. The molecule has 0 bridgehead atoms. The normalized spacial score (nSPS) is 15.8. The number of carbonyl (C=O) groups excluding carboxylic acids is 3. The third kappa shape index (κ3) is 6.62. The molecule has 0 aliphatic carbocycles. The predicted molar refractivity (Wildman–Crippen MR) is 136 cm³/mol. The van der Waals surface area contributed by atoms with Crippen LogP contribution >= 0.6 is 55.2 Å². The molecule has 1 saturated heterocycles. The van der Waals surface area contributed by atoms with Gasteiger partial charge in [-0.1, -0.05) is 36.7 Å². The fourth-order valence-electron chi connectivity index (χ4n) is 2.83. The van der Waals surface area contributed by atoms with Gasteiger partial charge in [-0.2, -0.15) is 0 Å². The SMILES string of the molecule is CC[C@H](C)OC(=O)CN1C(=O)S/C(=C/c2cc(Br)c(OCc3ccccc3Cl)c(Br)c2)C1=O. The molecule has 174 valence electrons. The first-order valence-electron chi connectivity index (χ1n) is 9.99. The largest absolute Gasteiger partial charge is 0.486 e. The summed E-state index contributed by atoms with van der Waals surface area (Å²) in [7, 11) is 0. The van der Waals surface area contributed by atoms with Crippen molar-refractivity contribution in [1.29, 1.82) is 0 Å². The van der Waals surface area contributed by atoms with Gasteiger partial charge < -0.3 is 9.47 Å². The Labute approximate surface area is 217 Å². The van der Waals surface area contributed by atoms with Crippen LogP contribution in [0.4, 0.5) is 4.79 Å². The number of esters is 1. The van der Waals surface area contributed by atoms with E-state index in [0.29, 0.717) is 31.7 Å². The molecular weight excluding hydrogens is 598 g/mol. The summed E-state index contributed by atoms with van der Waals surface area (Å²) in [6.07, 6.45) is 1.97. The van der Waals surface area contributed by atoms with Gasteiger partial charge in [-0.15, -0.1) is 0 Å². The Morgan fingerprint density at radius 1 is 1.21 bits per heavy atom. The molecule has 1 fully saturated rings. The Morgan fingerprint density at radius 2 is 1.88 bits per heavy atom. The first-order valence-corrected chi connectivity index (χ1v) is 12.8. The first kappa shape index (κ1) is 25.8. The molecule has 0 N–H and O–H groups in total. The number of benzene rings is 2. The second kappa shape index (κ2) is 11.6. The molecule has 1 heterocycles. The maximum Gasteiger partial charge on any atom is 0.326 e. The fraction of sp³-hybridized carbons (Fsp3) is 0.261. The minimum absolute atomic E-state index is 0.222. The lowest BCUT2D eigenvalue weighted by molar-refractivity contribution is -0.150. The van der Waals surface area contributed by atoms with Crippen LogP contribution < -0.4 is 4.74 Å². The van der Waals surface area contributed by atoms with E-state index >= 15 is 0 Å². The van der Waals surface area contributed by atoms with Gasteiger partial charge in [0.25, 0.3) is 11.1 Å². The molecule has 10 heteroatoms. The van der Waals surface area contributed by atoms with Gasteiger partial charge in [0.15, 0.2) is 0 Å². The number of halogens is 3. The van der Waals surface area contributed by atoms with E-state index in [1.165, 1.54) is 0 Å². The molecule has 2 aromatic rings. The van der Waals surface area contributed by atoms with E-state index in [1.54, 1.807) is 31.2 Å². The van der Waals surface area contributed by atoms with E-state index in [4.69, 9.17) is 21.1 Å². The van der Waals surface area contributed by atoms with Crippen LogP contribution in [0.15, 0.2) is 50.2 Å². The maximum atomic E-state index is 12.7. The lowest BCUT2D eigenvalue weighted by Crippen LogP contribution is -2.35. The average molecular weight is 618 g/mol.